The molecule has 1 atom stereocenters. The van der Waals surface area contributed by atoms with Crippen LogP contribution < -0.4 is 15.8 Å². The van der Waals surface area contributed by atoms with Crippen molar-refractivity contribution in [1.82, 2.24) is 24.4 Å². The number of hydrogen-bond acceptors (Lipinski definition) is 8. The summed E-state index contributed by atoms with van der Waals surface area (Å²) in [5, 5.41) is 2.98. The second-order valence-corrected chi connectivity index (χ2v) is 8.89. The topological polar surface area (TPSA) is 105 Å². The maximum absolute atomic E-state index is 12.6. The molecule has 10 heteroatoms. The molecule has 0 unspecified atom stereocenters. The molecule has 182 valence electrons. The van der Waals surface area contributed by atoms with Gasteiger partial charge in [0.1, 0.15) is 12.4 Å². The quantitative estimate of drug-likeness (QED) is 0.576. The Morgan fingerprint density at radius 2 is 1.91 bits per heavy atom. The first-order chi connectivity index (χ1) is 17.1. The Bertz CT molecular complexity index is 1220. The minimum absolute atomic E-state index is 0.00954. The number of hydrogen-bond donors (Lipinski definition) is 1. The first kappa shape index (κ1) is 23.1. The van der Waals surface area contributed by atoms with E-state index in [2.05, 4.69) is 25.1 Å². The molecule has 2 fully saturated rings. The fourth-order valence-corrected chi connectivity index (χ4v) is 4.54. The third kappa shape index (κ3) is 5.39. The summed E-state index contributed by atoms with van der Waals surface area (Å²) >= 11 is 0. The van der Waals surface area contributed by atoms with Crippen LogP contribution in [0.3, 0.4) is 0 Å². The van der Waals surface area contributed by atoms with Gasteiger partial charge in [-0.2, -0.15) is 0 Å². The average Bonchev–Trinajstić information content (AvgIpc) is 3.39. The fourth-order valence-electron chi connectivity index (χ4n) is 4.54. The van der Waals surface area contributed by atoms with Crippen LogP contribution in [0.25, 0.3) is 11.4 Å². The lowest BCUT2D eigenvalue weighted by molar-refractivity contribution is -0.117. The fraction of sp³-hybridized carbons (Fsp3) is 0.400. The van der Waals surface area contributed by atoms with Gasteiger partial charge in [-0.15, -0.1) is 0 Å². The van der Waals surface area contributed by atoms with Crippen molar-refractivity contribution in [2.75, 3.05) is 49.5 Å². The molecule has 3 aromatic rings. The summed E-state index contributed by atoms with van der Waals surface area (Å²) in [6, 6.07) is 11.0. The summed E-state index contributed by atoms with van der Waals surface area (Å²) in [4.78, 5) is 42.1. The van der Waals surface area contributed by atoms with Crippen molar-refractivity contribution in [1.29, 1.82) is 0 Å². The lowest BCUT2D eigenvalue weighted by atomic mass is 10.1. The van der Waals surface area contributed by atoms with E-state index < -0.39 is 0 Å². The SMILES string of the molecule is Cn1c(N2CCO[C@@H](c3ccc(NC(=O)CN4CCCC4)cc3)C2)nc(-c2ccncn2)cc1=O. The molecule has 1 aromatic carbocycles. The first-order valence-corrected chi connectivity index (χ1v) is 11.9. The van der Waals surface area contributed by atoms with Gasteiger partial charge in [-0.1, -0.05) is 12.1 Å². The normalized spacial score (nSPS) is 18.5. The average molecular weight is 476 g/mol. The molecular formula is C25H29N7O3. The van der Waals surface area contributed by atoms with Crippen LogP contribution in [-0.2, 0) is 16.6 Å². The van der Waals surface area contributed by atoms with Gasteiger partial charge >= 0.3 is 0 Å². The minimum Gasteiger partial charge on any atom is -0.370 e. The van der Waals surface area contributed by atoms with E-state index in [1.165, 1.54) is 12.4 Å². The standard InChI is InChI=1S/C25H29N7O3/c1-30-24(34)14-21(20-8-9-26-17-27-20)29-25(30)32-12-13-35-22(15-32)18-4-6-19(7-5-18)28-23(33)16-31-10-2-3-11-31/h4-9,14,17,22H,2-3,10-13,15-16H2,1H3,(H,28,33)/t22-/m1/s1. The molecule has 4 heterocycles. The van der Waals surface area contributed by atoms with Crippen LogP contribution in [0.4, 0.5) is 11.6 Å². The zero-order chi connectivity index (χ0) is 24.2. The van der Waals surface area contributed by atoms with Gasteiger partial charge < -0.3 is 15.0 Å². The molecular weight excluding hydrogens is 446 g/mol. The van der Waals surface area contributed by atoms with Crippen LogP contribution in [0.15, 0.2) is 53.7 Å². The molecule has 0 radical (unpaired) electrons. The van der Waals surface area contributed by atoms with E-state index >= 15 is 0 Å². The van der Waals surface area contributed by atoms with E-state index in [4.69, 9.17) is 9.72 Å². The van der Waals surface area contributed by atoms with E-state index in [1.807, 2.05) is 24.3 Å². The molecule has 1 amide bonds. The van der Waals surface area contributed by atoms with Crippen molar-refractivity contribution in [2.24, 2.45) is 7.05 Å². The smallest absolute Gasteiger partial charge is 0.255 e. The predicted octanol–water partition coefficient (Wildman–Crippen LogP) is 1.85. The highest BCUT2D eigenvalue weighted by Gasteiger charge is 2.25. The van der Waals surface area contributed by atoms with Crippen molar-refractivity contribution >= 4 is 17.5 Å². The molecule has 0 bridgehead atoms. The number of carbonyl (C=O) groups excluding carboxylic acids is 1. The number of likely N-dealkylation sites (tertiary alicyclic amines) is 1. The molecule has 2 aromatic heterocycles. The minimum atomic E-state index is -0.183. The number of carbonyl (C=O) groups is 1. The second kappa shape index (κ2) is 10.3. The highest BCUT2D eigenvalue weighted by molar-refractivity contribution is 5.92. The van der Waals surface area contributed by atoms with E-state index in [0.717, 1.165) is 37.2 Å². The van der Waals surface area contributed by atoms with Crippen molar-refractivity contribution in [3.8, 4) is 11.4 Å². The summed E-state index contributed by atoms with van der Waals surface area (Å²) in [5.74, 6) is 0.584. The van der Waals surface area contributed by atoms with Crippen LogP contribution in [-0.4, -0.2) is 69.7 Å². The maximum atomic E-state index is 12.6. The number of ether oxygens (including phenoxy) is 1. The zero-order valence-electron chi connectivity index (χ0n) is 19.8. The number of benzene rings is 1. The maximum Gasteiger partial charge on any atom is 0.255 e. The summed E-state index contributed by atoms with van der Waals surface area (Å²) in [6.07, 6.45) is 5.21. The lowest BCUT2D eigenvalue weighted by Gasteiger charge is -2.34. The Morgan fingerprint density at radius 1 is 1.11 bits per heavy atom. The monoisotopic (exact) mass is 475 g/mol. The van der Waals surface area contributed by atoms with Crippen molar-refractivity contribution in [2.45, 2.75) is 18.9 Å². The molecule has 35 heavy (non-hydrogen) atoms. The molecule has 10 nitrogen and oxygen atoms in total. The van der Waals surface area contributed by atoms with Gasteiger partial charge in [0.25, 0.3) is 5.56 Å². The number of morpholine rings is 1. The van der Waals surface area contributed by atoms with E-state index in [1.54, 1.807) is 23.9 Å². The van der Waals surface area contributed by atoms with Crippen LogP contribution in [0, 0.1) is 0 Å². The Balaban J connectivity index is 1.28. The van der Waals surface area contributed by atoms with E-state index in [9.17, 15) is 9.59 Å². The molecule has 0 saturated carbocycles. The van der Waals surface area contributed by atoms with Crippen LogP contribution >= 0.6 is 0 Å². The third-order valence-corrected chi connectivity index (χ3v) is 6.44. The molecule has 0 spiro atoms. The first-order valence-electron chi connectivity index (χ1n) is 11.9. The molecule has 1 N–H and O–H groups in total. The number of nitrogens with one attached hydrogen (secondary N) is 1. The van der Waals surface area contributed by atoms with Gasteiger partial charge in [0, 0.05) is 31.5 Å². The van der Waals surface area contributed by atoms with Gasteiger partial charge in [0.15, 0.2) is 0 Å². The van der Waals surface area contributed by atoms with Crippen LogP contribution in [0.2, 0.25) is 0 Å². The Labute approximate surface area is 203 Å². The Hall–Kier alpha value is -3.63. The molecule has 2 aliphatic rings. The molecule has 5 rings (SSSR count). The Morgan fingerprint density at radius 3 is 2.66 bits per heavy atom. The largest absolute Gasteiger partial charge is 0.370 e. The van der Waals surface area contributed by atoms with E-state index in [0.29, 0.717) is 43.6 Å². The number of amides is 1. The Kier molecular flexibility index (Phi) is 6.82. The summed E-state index contributed by atoms with van der Waals surface area (Å²) in [7, 11) is 1.72. The van der Waals surface area contributed by atoms with Crippen molar-refractivity contribution in [3.05, 3.63) is 64.8 Å². The second-order valence-electron chi connectivity index (χ2n) is 8.89. The highest BCUT2D eigenvalue weighted by atomic mass is 16.5. The van der Waals surface area contributed by atoms with Crippen molar-refractivity contribution in [3.63, 3.8) is 0 Å². The molecule has 2 aliphatic heterocycles. The van der Waals surface area contributed by atoms with Crippen molar-refractivity contribution < 1.29 is 9.53 Å². The lowest BCUT2D eigenvalue weighted by Crippen LogP contribution is -2.41. The van der Waals surface area contributed by atoms with Gasteiger partial charge in [-0.05, 0) is 49.7 Å². The highest BCUT2D eigenvalue weighted by Crippen LogP contribution is 2.26. The predicted molar refractivity (Wildman–Crippen MR) is 132 cm³/mol. The summed E-state index contributed by atoms with van der Waals surface area (Å²) < 4.78 is 7.59. The number of aromatic nitrogens is 4. The van der Waals surface area contributed by atoms with Gasteiger partial charge in [-0.25, -0.2) is 15.0 Å². The number of rotatable bonds is 6. The summed E-state index contributed by atoms with van der Waals surface area (Å²) in [5.41, 5.74) is 2.74. The number of nitrogens with zero attached hydrogens (tertiary/aromatic N) is 6. The molecule has 0 aliphatic carbocycles. The molecule has 2 saturated heterocycles. The van der Waals surface area contributed by atoms with Gasteiger partial charge in [0.05, 0.1) is 31.1 Å². The number of anilines is 2. The van der Waals surface area contributed by atoms with Gasteiger partial charge in [0.2, 0.25) is 11.9 Å². The van der Waals surface area contributed by atoms with Gasteiger partial charge in [-0.3, -0.25) is 19.1 Å². The van der Waals surface area contributed by atoms with Crippen LogP contribution in [0.5, 0.6) is 0 Å². The zero-order valence-corrected chi connectivity index (χ0v) is 19.8. The van der Waals surface area contributed by atoms with Crippen LogP contribution in [0.1, 0.15) is 24.5 Å². The summed E-state index contributed by atoms with van der Waals surface area (Å²) in [6.45, 7) is 4.09. The third-order valence-electron chi connectivity index (χ3n) is 6.44. The van der Waals surface area contributed by atoms with E-state index in [-0.39, 0.29) is 17.6 Å².